The van der Waals surface area contributed by atoms with E-state index in [-0.39, 0.29) is 0 Å². The van der Waals surface area contributed by atoms with Crippen molar-refractivity contribution in [2.45, 2.75) is 13.8 Å². The van der Waals surface area contributed by atoms with Crippen LogP contribution in [0, 0.1) is 13.8 Å². The van der Waals surface area contributed by atoms with Gasteiger partial charge in [0.1, 0.15) is 5.75 Å². The number of hydrogen-bond acceptors (Lipinski definition) is 3. The highest BCUT2D eigenvalue weighted by Crippen LogP contribution is 2.28. The van der Waals surface area contributed by atoms with Crippen LogP contribution >= 0.6 is 11.6 Å². The van der Waals surface area contributed by atoms with Gasteiger partial charge in [-0.15, -0.1) is 0 Å². The number of ether oxygens (including phenoxy) is 1. The molecule has 3 aromatic carbocycles. The average Bonchev–Trinajstić information content (AvgIpc) is 2.69. The number of pyridine rings is 1. The number of benzene rings is 3. The van der Waals surface area contributed by atoms with Crippen molar-refractivity contribution in [2.75, 3.05) is 0 Å². The van der Waals surface area contributed by atoms with Crippen LogP contribution in [0.5, 0.6) is 5.75 Å². The Kier molecular flexibility index (Phi) is 4.84. The molecule has 0 spiro atoms. The second kappa shape index (κ2) is 7.45. The van der Waals surface area contributed by atoms with Gasteiger partial charge in [0.25, 0.3) is 0 Å². The third kappa shape index (κ3) is 3.62. The van der Waals surface area contributed by atoms with Gasteiger partial charge >= 0.3 is 5.97 Å². The second-order valence-corrected chi connectivity index (χ2v) is 7.17. The minimum absolute atomic E-state index is 0.400. The first-order valence-corrected chi connectivity index (χ1v) is 9.34. The van der Waals surface area contributed by atoms with Crippen LogP contribution in [0.4, 0.5) is 0 Å². The van der Waals surface area contributed by atoms with Crippen molar-refractivity contribution in [3.05, 3.63) is 94.5 Å². The molecule has 1 aromatic heterocycles. The molecular weight excluding hydrogens is 370 g/mol. The molecule has 3 nitrogen and oxygen atoms in total. The normalized spacial score (nSPS) is 10.8. The summed E-state index contributed by atoms with van der Waals surface area (Å²) in [5.41, 5.74) is 4.78. The Morgan fingerprint density at radius 3 is 2.43 bits per heavy atom. The molecule has 0 bridgehead atoms. The summed E-state index contributed by atoms with van der Waals surface area (Å²) in [5.74, 6) is 0.153. The number of para-hydroxylation sites is 1. The largest absolute Gasteiger partial charge is 0.423 e. The molecule has 0 saturated carbocycles. The fraction of sp³-hybridized carbons (Fsp3) is 0.0833. The van der Waals surface area contributed by atoms with Gasteiger partial charge < -0.3 is 4.74 Å². The summed E-state index contributed by atoms with van der Waals surface area (Å²) in [6, 6.07) is 22.5. The van der Waals surface area contributed by atoms with Crippen molar-refractivity contribution in [3.63, 3.8) is 0 Å². The number of fused-ring (bicyclic) bond motifs is 1. The van der Waals surface area contributed by atoms with Gasteiger partial charge in [0.05, 0.1) is 16.8 Å². The lowest BCUT2D eigenvalue weighted by Gasteiger charge is -2.12. The fourth-order valence-electron chi connectivity index (χ4n) is 3.10. The van der Waals surface area contributed by atoms with E-state index in [4.69, 9.17) is 21.3 Å². The summed E-state index contributed by atoms with van der Waals surface area (Å²) < 4.78 is 5.70. The summed E-state index contributed by atoms with van der Waals surface area (Å²) in [6.07, 6.45) is 0. The quantitative estimate of drug-likeness (QED) is 0.302. The molecule has 0 N–H and O–H groups in total. The highest BCUT2D eigenvalue weighted by atomic mass is 35.5. The van der Waals surface area contributed by atoms with Crippen molar-refractivity contribution < 1.29 is 9.53 Å². The molecule has 138 valence electrons. The van der Waals surface area contributed by atoms with E-state index >= 15 is 0 Å². The van der Waals surface area contributed by atoms with Crippen LogP contribution in [0.1, 0.15) is 21.5 Å². The molecule has 0 saturated heterocycles. The fourth-order valence-corrected chi connectivity index (χ4v) is 3.23. The highest BCUT2D eigenvalue weighted by molar-refractivity contribution is 6.30. The zero-order chi connectivity index (χ0) is 19.7. The van der Waals surface area contributed by atoms with Crippen molar-refractivity contribution in [2.24, 2.45) is 0 Å². The Morgan fingerprint density at radius 1 is 0.929 bits per heavy atom. The van der Waals surface area contributed by atoms with Gasteiger partial charge in [0.15, 0.2) is 0 Å². The van der Waals surface area contributed by atoms with Gasteiger partial charge in [-0.25, -0.2) is 9.78 Å². The van der Waals surface area contributed by atoms with Gasteiger partial charge in [0, 0.05) is 16.0 Å². The first-order valence-electron chi connectivity index (χ1n) is 8.96. The number of rotatable bonds is 3. The average molecular weight is 388 g/mol. The topological polar surface area (TPSA) is 39.2 Å². The molecule has 0 aliphatic rings. The third-order valence-electron chi connectivity index (χ3n) is 4.62. The molecule has 0 radical (unpaired) electrons. The van der Waals surface area contributed by atoms with E-state index in [1.54, 1.807) is 12.1 Å². The summed E-state index contributed by atoms with van der Waals surface area (Å²) in [4.78, 5) is 17.8. The van der Waals surface area contributed by atoms with E-state index in [9.17, 15) is 4.79 Å². The number of carbonyl (C=O) groups is 1. The van der Waals surface area contributed by atoms with Gasteiger partial charge in [-0.3, -0.25) is 0 Å². The first kappa shape index (κ1) is 18.2. The Bertz CT molecular complexity index is 1180. The van der Waals surface area contributed by atoms with Crippen LogP contribution in [0.2, 0.25) is 5.02 Å². The van der Waals surface area contributed by atoms with Crippen molar-refractivity contribution >= 4 is 28.5 Å². The number of esters is 1. The maximum Gasteiger partial charge on any atom is 0.344 e. The number of aromatic nitrogens is 1. The van der Waals surface area contributed by atoms with Gasteiger partial charge in [-0.1, -0.05) is 53.6 Å². The van der Waals surface area contributed by atoms with E-state index in [1.807, 2.05) is 74.5 Å². The standard InChI is InChI=1S/C24H18ClNO2/c1-15-7-12-21-19(13-15)20(24(27)28-23-6-4-3-5-16(23)2)14-22(26-21)17-8-10-18(25)11-9-17/h3-14H,1-2H3. The number of carbonyl (C=O) groups excluding carboxylic acids is 1. The van der Waals surface area contributed by atoms with Gasteiger partial charge in [-0.2, -0.15) is 0 Å². The van der Waals surface area contributed by atoms with Crippen LogP contribution in [-0.4, -0.2) is 11.0 Å². The predicted molar refractivity (Wildman–Crippen MR) is 113 cm³/mol. The molecule has 28 heavy (non-hydrogen) atoms. The number of hydrogen-bond donors (Lipinski definition) is 0. The minimum atomic E-state index is -0.400. The molecule has 1 heterocycles. The summed E-state index contributed by atoms with van der Waals surface area (Å²) in [5, 5.41) is 1.43. The number of aryl methyl sites for hydroxylation is 2. The Labute approximate surface area is 168 Å². The number of nitrogens with zero attached hydrogens (tertiary/aromatic N) is 1. The smallest absolute Gasteiger partial charge is 0.344 e. The predicted octanol–water partition coefficient (Wildman–Crippen LogP) is 6.39. The summed E-state index contributed by atoms with van der Waals surface area (Å²) in [7, 11) is 0. The van der Waals surface area contributed by atoms with Crippen LogP contribution in [0.25, 0.3) is 22.2 Å². The third-order valence-corrected chi connectivity index (χ3v) is 4.87. The van der Waals surface area contributed by atoms with E-state index < -0.39 is 5.97 Å². The molecule has 4 heteroatoms. The Balaban J connectivity index is 1.85. The van der Waals surface area contributed by atoms with Crippen LogP contribution < -0.4 is 4.74 Å². The van der Waals surface area contributed by atoms with E-state index in [2.05, 4.69) is 0 Å². The van der Waals surface area contributed by atoms with Crippen molar-refractivity contribution in [1.82, 2.24) is 4.98 Å². The molecule has 0 aliphatic carbocycles. The number of halogens is 1. The van der Waals surface area contributed by atoms with Crippen molar-refractivity contribution in [3.8, 4) is 17.0 Å². The molecule has 0 fully saturated rings. The molecule has 0 unspecified atom stereocenters. The van der Waals surface area contributed by atoms with Crippen molar-refractivity contribution in [1.29, 1.82) is 0 Å². The zero-order valence-corrected chi connectivity index (χ0v) is 16.3. The minimum Gasteiger partial charge on any atom is -0.423 e. The molecule has 4 rings (SSSR count). The summed E-state index contributed by atoms with van der Waals surface area (Å²) in [6.45, 7) is 3.90. The molecule has 0 aliphatic heterocycles. The maximum absolute atomic E-state index is 13.1. The van der Waals surface area contributed by atoms with Crippen LogP contribution in [-0.2, 0) is 0 Å². The second-order valence-electron chi connectivity index (χ2n) is 6.74. The lowest BCUT2D eigenvalue weighted by molar-refractivity contribution is 0.0735. The lowest BCUT2D eigenvalue weighted by atomic mass is 10.0. The molecular formula is C24H18ClNO2. The summed E-state index contributed by atoms with van der Waals surface area (Å²) >= 11 is 6.00. The SMILES string of the molecule is Cc1ccc2nc(-c3ccc(Cl)cc3)cc(C(=O)Oc3ccccc3C)c2c1. The van der Waals surface area contributed by atoms with E-state index in [1.165, 1.54) is 0 Å². The lowest BCUT2D eigenvalue weighted by Crippen LogP contribution is -2.11. The molecule has 4 aromatic rings. The monoisotopic (exact) mass is 387 g/mol. The van der Waals surface area contributed by atoms with Crippen LogP contribution in [0.3, 0.4) is 0 Å². The van der Waals surface area contributed by atoms with Gasteiger partial charge in [0.2, 0.25) is 0 Å². The van der Waals surface area contributed by atoms with Gasteiger partial charge in [-0.05, 0) is 55.8 Å². The highest BCUT2D eigenvalue weighted by Gasteiger charge is 2.17. The maximum atomic E-state index is 13.1. The van der Waals surface area contributed by atoms with E-state index in [0.717, 1.165) is 27.6 Å². The first-order chi connectivity index (χ1) is 13.5. The molecule has 0 atom stereocenters. The zero-order valence-electron chi connectivity index (χ0n) is 15.6. The van der Waals surface area contributed by atoms with Crippen LogP contribution in [0.15, 0.2) is 72.8 Å². The Morgan fingerprint density at radius 2 is 1.68 bits per heavy atom. The molecule has 0 amide bonds. The van der Waals surface area contributed by atoms with E-state index in [0.29, 0.717) is 22.0 Å². The Hall–Kier alpha value is -3.17.